The second-order valence-corrected chi connectivity index (χ2v) is 2.34. The molecule has 0 saturated heterocycles. The molecule has 0 radical (unpaired) electrons. The summed E-state index contributed by atoms with van der Waals surface area (Å²) in [6, 6.07) is 0. The molecule has 0 amide bonds. The predicted molar refractivity (Wildman–Crippen MR) is 31.3 cm³/mol. The molecular weight excluding hydrogens is 143 g/mol. The highest BCUT2D eigenvalue weighted by Crippen LogP contribution is 2.11. The third-order valence-corrected chi connectivity index (χ3v) is 1.10. The van der Waals surface area contributed by atoms with Crippen LogP contribution < -0.4 is 0 Å². The molecule has 9 heavy (non-hydrogen) atoms. The standard InChI is InChI=1S/C4H7O4P/c1-2-8-4(5)3-9(6)7/h2-3H2,1H3/p+1. The number of ether oxygens (including phenoxy) is 1. The Morgan fingerprint density at radius 1 is 1.78 bits per heavy atom. The fraction of sp³-hybridized carbons (Fsp3) is 0.750. The lowest BCUT2D eigenvalue weighted by Crippen LogP contribution is -2.05. The molecule has 0 aliphatic carbocycles. The van der Waals surface area contributed by atoms with E-state index in [4.69, 9.17) is 4.89 Å². The lowest BCUT2D eigenvalue weighted by molar-refractivity contribution is -0.140. The van der Waals surface area contributed by atoms with Crippen LogP contribution in [0.5, 0.6) is 0 Å². The maximum Gasteiger partial charge on any atom is 0.517 e. The summed E-state index contributed by atoms with van der Waals surface area (Å²) in [5, 5.41) is 0. The minimum absolute atomic E-state index is 0.252. The van der Waals surface area contributed by atoms with Gasteiger partial charge < -0.3 is 4.74 Å². The number of esters is 1. The van der Waals surface area contributed by atoms with Crippen molar-refractivity contribution in [2.75, 3.05) is 12.8 Å². The van der Waals surface area contributed by atoms with Crippen molar-refractivity contribution in [1.29, 1.82) is 0 Å². The van der Waals surface area contributed by atoms with Gasteiger partial charge in [-0.25, -0.2) is 4.79 Å². The number of rotatable bonds is 3. The van der Waals surface area contributed by atoms with Crippen LogP contribution in [0.4, 0.5) is 0 Å². The fourth-order valence-corrected chi connectivity index (χ4v) is 0.629. The molecule has 1 atom stereocenters. The Labute approximate surface area is 53.7 Å². The van der Waals surface area contributed by atoms with Crippen LogP contribution in [0.1, 0.15) is 6.92 Å². The third-order valence-electron chi connectivity index (χ3n) is 0.570. The zero-order valence-electron chi connectivity index (χ0n) is 5.03. The molecule has 0 aliphatic heterocycles. The molecule has 0 spiro atoms. The molecule has 0 rings (SSSR count). The van der Waals surface area contributed by atoms with Gasteiger partial charge in [0, 0.05) is 0 Å². The molecular formula is C4H8O4P+. The van der Waals surface area contributed by atoms with E-state index in [1.54, 1.807) is 6.92 Å². The van der Waals surface area contributed by atoms with Gasteiger partial charge in [0.15, 0.2) is 0 Å². The van der Waals surface area contributed by atoms with Gasteiger partial charge in [0.25, 0.3) is 6.16 Å². The quantitative estimate of drug-likeness (QED) is 0.465. The zero-order valence-corrected chi connectivity index (χ0v) is 5.93. The van der Waals surface area contributed by atoms with Gasteiger partial charge in [-0.3, -0.25) is 0 Å². The number of carbonyl (C=O) groups is 1. The van der Waals surface area contributed by atoms with Gasteiger partial charge >= 0.3 is 14.0 Å². The largest absolute Gasteiger partial charge is 0.517 e. The van der Waals surface area contributed by atoms with Crippen LogP contribution in [0, 0.1) is 0 Å². The maximum absolute atomic E-state index is 10.3. The number of carbonyl (C=O) groups excluding carboxylic acids is 1. The summed E-state index contributed by atoms with van der Waals surface area (Å²) < 4.78 is 14.3. The molecule has 4 nitrogen and oxygen atoms in total. The Morgan fingerprint density at radius 3 is 2.67 bits per heavy atom. The van der Waals surface area contributed by atoms with Gasteiger partial charge in [-0.15, -0.1) is 0 Å². The predicted octanol–water partition coefficient (Wildman–Crippen LogP) is 0.284. The van der Waals surface area contributed by atoms with Gasteiger partial charge in [0.2, 0.25) is 0 Å². The summed E-state index contributed by atoms with van der Waals surface area (Å²) in [7, 11) is -2.38. The lowest BCUT2D eigenvalue weighted by Gasteiger charge is -1.91. The van der Waals surface area contributed by atoms with Gasteiger partial charge in [0.05, 0.1) is 6.61 Å². The molecule has 0 saturated carbocycles. The van der Waals surface area contributed by atoms with Crippen LogP contribution >= 0.6 is 8.03 Å². The fourth-order valence-electron chi connectivity index (χ4n) is 0.317. The van der Waals surface area contributed by atoms with E-state index in [0.717, 1.165) is 0 Å². The molecule has 1 N–H and O–H groups in total. The highest BCUT2D eigenvalue weighted by molar-refractivity contribution is 7.39. The van der Waals surface area contributed by atoms with E-state index in [2.05, 4.69) is 4.74 Å². The molecule has 1 unspecified atom stereocenters. The van der Waals surface area contributed by atoms with Crippen molar-refractivity contribution < 1.29 is 19.0 Å². The first-order valence-corrected chi connectivity index (χ1v) is 3.85. The lowest BCUT2D eigenvalue weighted by atomic mass is 10.8. The summed E-state index contributed by atoms with van der Waals surface area (Å²) in [6.45, 7) is 1.89. The Bertz CT molecular complexity index is 122. The summed E-state index contributed by atoms with van der Waals surface area (Å²) >= 11 is 0. The third kappa shape index (κ3) is 5.40. The molecule has 0 bridgehead atoms. The van der Waals surface area contributed by atoms with Crippen molar-refractivity contribution in [1.82, 2.24) is 0 Å². The van der Waals surface area contributed by atoms with E-state index >= 15 is 0 Å². The van der Waals surface area contributed by atoms with Gasteiger partial charge in [-0.1, -0.05) is 0 Å². The first kappa shape index (κ1) is 8.53. The van der Waals surface area contributed by atoms with Crippen molar-refractivity contribution in [2.45, 2.75) is 6.92 Å². The van der Waals surface area contributed by atoms with E-state index in [0.29, 0.717) is 0 Å². The molecule has 0 fully saturated rings. The maximum atomic E-state index is 10.3. The van der Waals surface area contributed by atoms with Crippen LogP contribution in [0.15, 0.2) is 0 Å². The van der Waals surface area contributed by atoms with Crippen molar-refractivity contribution in [3.05, 3.63) is 0 Å². The number of hydrogen-bond acceptors (Lipinski definition) is 3. The van der Waals surface area contributed by atoms with E-state index in [9.17, 15) is 9.36 Å². The monoisotopic (exact) mass is 151 g/mol. The van der Waals surface area contributed by atoms with E-state index in [-0.39, 0.29) is 6.61 Å². The molecule has 5 heteroatoms. The van der Waals surface area contributed by atoms with Crippen molar-refractivity contribution >= 4 is 14.0 Å². The second-order valence-electron chi connectivity index (χ2n) is 1.32. The summed E-state index contributed by atoms with van der Waals surface area (Å²) in [5.41, 5.74) is 0. The minimum atomic E-state index is -2.38. The second kappa shape index (κ2) is 4.41. The smallest absolute Gasteiger partial charge is 0.463 e. The van der Waals surface area contributed by atoms with Crippen LogP contribution in [-0.2, 0) is 14.1 Å². The summed E-state index contributed by atoms with van der Waals surface area (Å²) in [4.78, 5) is 18.4. The Kier molecular flexibility index (Phi) is 4.18. The highest BCUT2D eigenvalue weighted by atomic mass is 31.1. The first-order valence-electron chi connectivity index (χ1n) is 2.46. The normalized spacial score (nSPS) is 10.7. The van der Waals surface area contributed by atoms with E-state index < -0.39 is 20.2 Å². The van der Waals surface area contributed by atoms with Crippen LogP contribution in [0.3, 0.4) is 0 Å². The Balaban J connectivity index is 3.39. The Morgan fingerprint density at radius 2 is 2.33 bits per heavy atom. The number of hydrogen-bond donors (Lipinski definition) is 1. The Hall–Kier alpha value is -0.470. The SMILES string of the molecule is CCOC(=O)C[P+](=O)O. The summed E-state index contributed by atoms with van der Waals surface area (Å²) in [6.07, 6.45) is -0.400. The van der Waals surface area contributed by atoms with Crippen molar-refractivity contribution in [3.63, 3.8) is 0 Å². The van der Waals surface area contributed by atoms with Gasteiger partial charge in [-0.2, -0.15) is 4.89 Å². The molecule has 0 aromatic carbocycles. The minimum Gasteiger partial charge on any atom is -0.463 e. The van der Waals surface area contributed by atoms with Gasteiger partial charge in [0.1, 0.15) is 0 Å². The zero-order chi connectivity index (χ0) is 7.28. The van der Waals surface area contributed by atoms with Crippen molar-refractivity contribution in [3.8, 4) is 0 Å². The highest BCUT2D eigenvalue weighted by Gasteiger charge is 2.18. The van der Waals surface area contributed by atoms with Crippen LogP contribution in [0.25, 0.3) is 0 Å². The van der Waals surface area contributed by atoms with Crippen LogP contribution in [0.2, 0.25) is 0 Å². The average molecular weight is 151 g/mol. The van der Waals surface area contributed by atoms with E-state index in [1.165, 1.54) is 0 Å². The van der Waals surface area contributed by atoms with Crippen molar-refractivity contribution in [2.24, 2.45) is 0 Å². The first-order chi connectivity index (χ1) is 4.16. The average Bonchev–Trinajstić information content (AvgIpc) is 1.63. The van der Waals surface area contributed by atoms with E-state index in [1.807, 2.05) is 0 Å². The molecule has 0 aliphatic rings. The molecule has 52 valence electrons. The topological polar surface area (TPSA) is 63.6 Å². The molecule has 0 heterocycles. The summed E-state index contributed by atoms with van der Waals surface area (Å²) in [5.74, 6) is -0.624. The van der Waals surface area contributed by atoms with Gasteiger partial charge in [-0.05, 0) is 11.5 Å². The van der Waals surface area contributed by atoms with Crippen LogP contribution in [-0.4, -0.2) is 23.6 Å². The molecule has 0 aromatic heterocycles. The molecule has 0 aromatic rings.